The summed E-state index contributed by atoms with van der Waals surface area (Å²) in [4.78, 5) is 41.5. The van der Waals surface area contributed by atoms with Gasteiger partial charge >= 0.3 is 12.1 Å². The molecule has 9 nitrogen and oxygen atoms in total. The maximum atomic E-state index is 13.9. The van der Waals surface area contributed by atoms with Gasteiger partial charge in [-0.05, 0) is 75.3 Å². The van der Waals surface area contributed by atoms with Crippen molar-refractivity contribution in [3.05, 3.63) is 63.8 Å². The molecule has 3 aromatic rings. The van der Waals surface area contributed by atoms with Gasteiger partial charge in [-0.1, -0.05) is 41.4 Å². The number of nitrogens with one attached hydrogen (secondary N) is 1. The van der Waals surface area contributed by atoms with Crippen molar-refractivity contribution >= 4 is 57.6 Å². The van der Waals surface area contributed by atoms with Crippen LogP contribution in [0.25, 0.3) is 10.9 Å². The van der Waals surface area contributed by atoms with Gasteiger partial charge in [0, 0.05) is 41.8 Å². The molecule has 6 rings (SSSR count). The average molecular weight is 724 g/mol. The van der Waals surface area contributed by atoms with Gasteiger partial charge in [-0.3, -0.25) is 19.3 Å². The molecule has 264 valence electrons. The van der Waals surface area contributed by atoms with Crippen molar-refractivity contribution < 1.29 is 37.4 Å². The number of hydrogen-bond acceptors (Lipinski definition) is 5. The lowest BCUT2D eigenvalue weighted by atomic mass is 9.87. The molecule has 1 aromatic heterocycles. The second-order valence-corrected chi connectivity index (χ2v) is 14.2. The van der Waals surface area contributed by atoms with Gasteiger partial charge in [-0.15, -0.1) is 0 Å². The van der Waals surface area contributed by atoms with Crippen LogP contribution in [0, 0.1) is 5.92 Å². The second-order valence-electron chi connectivity index (χ2n) is 13.4. The highest BCUT2D eigenvalue weighted by molar-refractivity contribution is 6.36. The van der Waals surface area contributed by atoms with Crippen LogP contribution in [0.1, 0.15) is 60.9 Å². The number of hydrogen-bond donors (Lipinski definition) is 2. The number of alkyl halides is 3. The van der Waals surface area contributed by atoms with Gasteiger partial charge in [-0.2, -0.15) is 13.2 Å². The molecule has 2 aromatic carbocycles. The number of nitrogens with zero attached hydrogens (tertiary/aromatic N) is 3. The molecule has 14 heteroatoms. The first-order chi connectivity index (χ1) is 23.3. The van der Waals surface area contributed by atoms with Crippen LogP contribution in [0.2, 0.25) is 10.0 Å². The molecule has 0 bridgehead atoms. The van der Waals surface area contributed by atoms with Crippen LogP contribution >= 0.6 is 23.2 Å². The lowest BCUT2D eigenvalue weighted by molar-refractivity contribution is -0.180. The summed E-state index contributed by atoms with van der Waals surface area (Å²) in [5.41, 5.74) is 2.05. The molecule has 3 atom stereocenters. The number of likely N-dealkylation sites (tertiary alicyclic amines) is 2. The number of benzene rings is 2. The quantitative estimate of drug-likeness (QED) is 0.248. The first-order valence-electron chi connectivity index (χ1n) is 16.6. The van der Waals surface area contributed by atoms with Crippen molar-refractivity contribution in [3.63, 3.8) is 0 Å². The molecular weight excluding hydrogens is 684 g/mol. The second kappa shape index (κ2) is 14.5. The summed E-state index contributed by atoms with van der Waals surface area (Å²) in [6.45, 7) is 0.565. The molecular formula is C35H39Cl2F3N4O5. The lowest BCUT2D eigenvalue weighted by Crippen LogP contribution is -2.48. The van der Waals surface area contributed by atoms with E-state index in [-0.39, 0.29) is 59.6 Å². The summed E-state index contributed by atoms with van der Waals surface area (Å²) < 4.78 is 49.7. The predicted molar refractivity (Wildman–Crippen MR) is 180 cm³/mol. The molecule has 3 fully saturated rings. The van der Waals surface area contributed by atoms with Crippen LogP contribution in [0.5, 0.6) is 0 Å². The number of carboxylic acids is 1. The van der Waals surface area contributed by atoms with E-state index in [0.717, 1.165) is 10.9 Å². The summed E-state index contributed by atoms with van der Waals surface area (Å²) in [7, 11) is 1.85. The van der Waals surface area contributed by atoms with Crippen LogP contribution in [0.3, 0.4) is 0 Å². The third kappa shape index (κ3) is 7.72. The van der Waals surface area contributed by atoms with Gasteiger partial charge in [-0.25, -0.2) is 0 Å². The van der Waals surface area contributed by atoms with Crippen molar-refractivity contribution in [2.45, 2.75) is 81.8 Å². The number of carbonyl (C=O) groups excluding carboxylic acids is 2. The molecule has 2 N–H and O–H groups in total. The number of halogens is 5. The number of carboxylic acid groups (broad SMARTS) is 1. The van der Waals surface area contributed by atoms with Gasteiger partial charge in [0.2, 0.25) is 5.91 Å². The summed E-state index contributed by atoms with van der Waals surface area (Å²) in [6.07, 6.45) is -0.0395. The van der Waals surface area contributed by atoms with Gasteiger partial charge in [0.25, 0.3) is 5.91 Å². The minimum Gasteiger partial charge on any atom is -0.481 e. The van der Waals surface area contributed by atoms with Crippen LogP contribution < -0.4 is 5.32 Å². The Balaban J connectivity index is 1.16. The number of carbonyl (C=O) groups is 3. The van der Waals surface area contributed by atoms with E-state index >= 15 is 0 Å². The van der Waals surface area contributed by atoms with Gasteiger partial charge in [0.1, 0.15) is 6.04 Å². The van der Waals surface area contributed by atoms with Crippen LogP contribution in [-0.2, 0) is 27.8 Å². The zero-order valence-electron chi connectivity index (χ0n) is 27.0. The molecule has 2 saturated heterocycles. The molecule has 1 aliphatic carbocycles. The SMILES string of the molecule is Cn1cc(C(=O)Nc2cc(Cl)c(CC(=O)N3C[C@@H](N4CCC[C@H]4C(F)(F)F)C[C@H]3COC3CCC(C(=O)O)CC3)cc2Cl)c2ccccc21. The van der Waals surface area contributed by atoms with Crippen molar-refractivity contribution in [1.29, 1.82) is 0 Å². The molecule has 49 heavy (non-hydrogen) atoms. The maximum absolute atomic E-state index is 13.9. The van der Waals surface area contributed by atoms with E-state index < -0.39 is 36.2 Å². The Morgan fingerprint density at radius 3 is 2.49 bits per heavy atom. The van der Waals surface area contributed by atoms with Crippen LogP contribution in [-0.4, -0.2) is 87.4 Å². The highest BCUT2D eigenvalue weighted by atomic mass is 35.5. The van der Waals surface area contributed by atoms with Gasteiger partial charge in [0.05, 0.1) is 47.4 Å². The average Bonchev–Trinajstić information content (AvgIpc) is 3.80. The van der Waals surface area contributed by atoms with E-state index in [9.17, 15) is 32.7 Å². The van der Waals surface area contributed by atoms with Gasteiger partial charge < -0.3 is 24.6 Å². The smallest absolute Gasteiger partial charge is 0.404 e. The number of ether oxygens (including phenoxy) is 1. The Kier molecular flexibility index (Phi) is 10.5. The molecule has 3 aliphatic rings. The number of para-hydroxylation sites is 1. The van der Waals surface area contributed by atoms with E-state index in [1.54, 1.807) is 11.1 Å². The van der Waals surface area contributed by atoms with Gasteiger partial charge in [0.15, 0.2) is 0 Å². The Morgan fingerprint density at radius 2 is 1.78 bits per heavy atom. The minimum atomic E-state index is -4.36. The summed E-state index contributed by atoms with van der Waals surface area (Å²) in [5.74, 6) is -1.92. The standard InChI is InChI=1S/C35H39Cl2F3N4O5/c1-42-18-26(25-5-2-3-6-30(25)42)33(46)41-29-16-27(36)21(13-28(29)37)14-32(45)44-17-22(43-12-4-7-31(43)35(38,39)40)15-23(44)19-49-24-10-8-20(9-11-24)34(47)48/h2-3,5-6,13,16,18,20,22-24,31H,4,7-12,14-15,17,19H2,1H3,(H,41,46)(H,47,48)/t20?,22-,23-,24?,31-/m0/s1. The first-order valence-corrected chi connectivity index (χ1v) is 17.4. The Bertz CT molecular complexity index is 1720. The monoisotopic (exact) mass is 722 g/mol. The van der Waals surface area contributed by atoms with Crippen molar-refractivity contribution in [3.8, 4) is 0 Å². The molecule has 2 amide bonds. The van der Waals surface area contributed by atoms with Crippen molar-refractivity contribution in [2.75, 3.05) is 25.0 Å². The number of amides is 2. The van der Waals surface area contributed by atoms with Crippen molar-refractivity contribution in [2.24, 2.45) is 13.0 Å². The predicted octanol–water partition coefficient (Wildman–Crippen LogP) is 6.94. The number of rotatable bonds is 9. The third-order valence-electron chi connectivity index (χ3n) is 10.3. The Hall–Kier alpha value is -3.32. The molecule has 0 spiro atoms. The zero-order valence-corrected chi connectivity index (χ0v) is 28.5. The third-order valence-corrected chi connectivity index (χ3v) is 10.9. The minimum absolute atomic E-state index is 0.0272. The topological polar surface area (TPSA) is 104 Å². The molecule has 3 heterocycles. The molecule has 0 radical (unpaired) electrons. The number of aromatic nitrogens is 1. The van der Waals surface area contributed by atoms with E-state index in [4.69, 9.17) is 27.9 Å². The van der Waals surface area contributed by atoms with E-state index in [1.165, 1.54) is 17.0 Å². The molecule has 1 saturated carbocycles. The maximum Gasteiger partial charge on any atom is 0.404 e. The number of aryl methyl sites for hydroxylation is 1. The Labute approximate surface area is 292 Å². The lowest BCUT2D eigenvalue weighted by Gasteiger charge is -2.31. The fourth-order valence-electron chi connectivity index (χ4n) is 7.69. The fourth-order valence-corrected chi connectivity index (χ4v) is 8.16. The highest BCUT2D eigenvalue weighted by Crippen LogP contribution is 2.38. The number of aliphatic carboxylic acids is 1. The Morgan fingerprint density at radius 1 is 1.04 bits per heavy atom. The fraction of sp³-hybridized carbons (Fsp3) is 0.514. The van der Waals surface area contributed by atoms with Crippen LogP contribution in [0.4, 0.5) is 18.9 Å². The molecule has 0 unspecified atom stereocenters. The normalized spacial score (nSPS) is 24.9. The highest BCUT2D eigenvalue weighted by Gasteiger charge is 2.50. The van der Waals surface area contributed by atoms with Crippen molar-refractivity contribution in [1.82, 2.24) is 14.4 Å². The largest absolute Gasteiger partial charge is 0.481 e. The summed E-state index contributed by atoms with van der Waals surface area (Å²) in [6, 6.07) is 8.02. The van der Waals surface area contributed by atoms with E-state index in [1.807, 2.05) is 35.9 Å². The van der Waals surface area contributed by atoms with E-state index in [0.29, 0.717) is 56.2 Å². The zero-order chi connectivity index (χ0) is 35.0. The summed E-state index contributed by atoms with van der Waals surface area (Å²) >= 11 is 13.2. The number of fused-ring (bicyclic) bond motifs is 1. The summed E-state index contributed by atoms with van der Waals surface area (Å²) in [5, 5.41) is 13.3. The number of anilines is 1. The van der Waals surface area contributed by atoms with E-state index in [2.05, 4.69) is 5.32 Å². The first kappa shape index (κ1) is 35.5. The van der Waals surface area contributed by atoms with Crippen LogP contribution in [0.15, 0.2) is 42.6 Å². The molecule has 2 aliphatic heterocycles.